The lowest BCUT2D eigenvalue weighted by Crippen LogP contribution is -2.25. The highest BCUT2D eigenvalue weighted by molar-refractivity contribution is 6.01. The van der Waals surface area contributed by atoms with Gasteiger partial charge in [0, 0.05) is 6.54 Å². The van der Waals surface area contributed by atoms with Crippen LogP contribution in [0.5, 0.6) is 11.5 Å². The second kappa shape index (κ2) is 8.55. The summed E-state index contributed by atoms with van der Waals surface area (Å²) in [6.45, 7) is 2.09. The number of rotatable bonds is 6. The van der Waals surface area contributed by atoms with Crippen LogP contribution in [0.15, 0.2) is 48.0 Å². The third kappa shape index (κ3) is 5.11. The van der Waals surface area contributed by atoms with E-state index in [1.54, 1.807) is 13.0 Å². The van der Waals surface area contributed by atoms with Crippen LogP contribution in [0, 0.1) is 18.3 Å². The van der Waals surface area contributed by atoms with E-state index >= 15 is 0 Å². The standard InChI is InChI=1S/C20H20N2O3/c1-14-10-16(12-18(23)19(14)24)11-17(13-21)20(25)22-9-5-8-15-6-3-2-4-7-15/h2-4,6-7,10-12,23-24H,5,8-9H2,1H3,(H,22,25)/b17-11+. The van der Waals surface area contributed by atoms with Crippen molar-refractivity contribution in [3.8, 4) is 17.6 Å². The van der Waals surface area contributed by atoms with Gasteiger partial charge in [-0.05, 0) is 54.7 Å². The molecule has 0 fully saturated rings. The topological polar surface area (TPSA) is 93.4 Å². The number of hydrogen-bond acceptors (Lipinski definition) is 4. The zero-order valence-corrected chi connectivity index (χ0v) is 14.0. The van der Waals surface area contributed by atoms with Gasteiger partial charge in [-0.25, -0.2) is 0 Å². The van der Waals surface area contributed by atoms with E-state index in [1.165, 1.54) is 17.7 Å². The number of benzene rings is 2. The van der Waals surface area contributed by atoms with Crippen molar-refractivity contribution in [2.75, 3.05) is 6.54 Å². The number of hydrogen-bond donors (Lipinski definition) is 3. The van der Waals surface area contributed by atoms with E-state index in [1.807, 2.05) is 36.4 Å². The van der Waals surface area contributed by atoms with Gasteiger partial charge in [0.1, 0.15) is 11.6 Å². The SMILES string of the molecule is Cc1cc(/C=C(\C#N)C(=O)NCCCc2ccccc2)cc(O)c1O. The van der Waals surface area contributed by atoms with Crippen molar-refractivity contribution >= 4 is 12.0 Å². The molecule has 0 unspecified atom stereocenters. The lowest BCUT2D eigenvalue weighted by molar-refractivity contribution is -0.117. The fourth-order valence-electron chi connectivity index (χ4n) is 2.42. The Morgan fingerprint density at radius 1 is 1.24 bits per heavy atom. The molecule has 0 atom stereocenters. The largest absolute Gasteiger partial charge is 0.504 e. The molecule has 3 N–H and O–H groups in total. The predicted molar refractivity (Wildman–Crippen MR) is 95.9 cm³/mol. The second-order valence-corrected chi connectivity index (χ2v) is 5.72. The van der Waals surface area contributed by atoms with Crippen LogP contribution in [0.3, 0.4) is 0 Å². The predicted octanol–water partition coefficient (Wildman–Crippen LogP) is 3.06. The maximum Gasteiger partial charge on any atom is 0.261 e. The van der Waals surface area contributed by atoms with Crippen molar-refractivity contribution in [3.63, 3.8) is 0 Å². The van der Waals surface area contributed by atoms with Crippen LogP contribution in [0.2, 0.25) is 0 Å². The summed E-state index contributed by atoms with van der Waals surface area (Å²) in [5.74, 6) is -0.950. The van der Waals surface area contributed by atoms with Crippen molar-refractivity contribution in [2.45, 2.75) is 19.8 Å². The second-order valence-electron chi connectivity index (χ2n) is 5.72. The Morgan fingerprint density at radius 2 is 1.96 bits per heavy atom. The summed E-state index contributed by atoms with van der Waals surface area (Å²) in [6, 6.07) is 14.7. The maximum absolute atomic E-state index is 12.1. The molecule has 0 aliphatic carbocycles. The third-order valence-corrected chi connectivity index (χ3v) is 3.75. The molecule has 128 valence electrons. The Balaban J connectivity index is 1.95. The number of phenolic OH excluding ortho intramolecular Hbond substituents is 2. The van der Waals surface area contributed by atoms with Crippen molar-refractivity contribution in [2.24, 2.45) is 0 Å². The molecule has 0 saturated carbocycles. The number of aryl methyl sites for hydroxylation is 2. The molecule has 0 aliphatic heterocycles. The molecule has 5 heteroatoms. The molecule has 0 heterocycles. The average molecular weight is 336 g/mol. The van der Waals surface area contributed by atoms with Crippen molar-refractivity contribution in [1.82, 2.24) is 5.32 Å². The Labute approximate surface area is 146 Å². The van der Waals surface area contributed by atoms with Gasteiger partial charge >= 0.3 is 0 Å². The van der Waals surface area contributed by atoms with Crippen LogP contribution >= 0.6 is 0 Å². The van der Waals surface area contributed by atoms with Crippen LogP contribution < -0.4 is 5.32 Å². The maximum atomic E-state index is 12.1. The van der Waals surface area contributed by atoms with Gasteiger partial charge in [0.2, 0.25) is 0 Å². The monoisotopic (exact) mass is 336 g/mol. The molecule has 2 rings (SSSR count). The fourth-order valence-corrected chi connectivity index (χ4v) is 2.42. The smallest absolute Gasteiger partial charge is 0.261 e. The summed E-state index contributed by atoms with van der Waals surface area (Å²) in [5, 5.41) is 31.1. The van der Waals surface area contributed by atoms with Crippen molar-refractivity contribution in [3.05, 3.63) is 64.7 Å². The van der Waals surface area contributed by atoms with Crippen LogP contribution in [0.25, 0.3) is 6.08 Å². The Hall–Kier alpha value is -3.26. The van der Waals surface area contributed by atoms with Gasteiger partial charge in [-0.15, -0.1) is 0 Å². The van der Waals surface area contributed by atoms with E-state index in [-0.39, 0.29) is 17.1 Å². The first kappa shape index (κ1) is 18.1. The summed E-state index contributed by atoms with van der Waals surface area (Å²) in [6.07, 6.45) is 3.00. The minimum absolute atomic E-state index is 0.0517. The van der Waals surface area contributed by atoms with Gasteiger partial charge in [0.25, 0.3) is 5.91 Å². The van der Waals surface area contributed by atoms with Crippen LogP contribution in [-0.4, -0.2) is 22.7 Å². The number of phenols is 2. The summed E-state index contributed by atoms with van der Waals surface area (Å²) in [7, 11) is 0. The first-order valence-electron chi connectivity index (χ1n) is 7.97. The van der Waals surface area contributed by atoms with Crippen LogP contribution in [0.1, 0.15) is 23.1 Å². The van der Waals surface area contributed by atoms with E-state index in [2.05, 4.69) is 5.32 Å². The highest BCUT2D eigenvalue weighted by Crippen LogP contribution is 2.30. The molecule has 0 spiro atoms. The zero-order chi connectivity index (χ0) is 18.2. The van der Waals surface area contributed by atoms with Crippen LogP contribution in [0.4, 0.5) is 0 Å². The molecule has 0 saturated heterocycles. The number of nitrogens with zero attached hydrogens (tertiary/aromatic N) is 1. The molecule has 0 aliphatic rings. The average Bonchev–Trinajstić information content (AvgIpc) is 2.61. The molecule has 0 bridgehead atoms. The number of aromatic hydroxyl groups is 2. The number of nitrogens with one attached hydrogen (secondary N) is 1. The summed E-state index contributed by atoms with van der Waals surface area (Å²) in [4.78, 5) is 12.1. The fraction of sp³-hybridized carbons (Fsp3) is 0.200. The molecule has 0 aromatic heterocycles. The normalized spacial score (nSPS) is 11.0. The van der Waals surface area contributed by atoms with Crippen molar-refractivity contribution in [1.29, 1.82) is 5.26 Å². The summed E-state index contributed by atoms with van der Waals surface area (Å²) < 4.78 is 0. The highest BCUT2D eigenvalue weighted by atomic mass is 16.3. The van der Waals surface area contributed by atoms with Gasteiger partial charge in [0.05, 0.1) is 0 Å². The van der Waals surface area contributed by atoms with Crippen molar-refractivity contribution < 1.29 is 15.0 Å². The first-order valence-corrected chi connectivity index (χ1v) is 7.97. The number of nitriles is 1. The molecule has 25 heavy (non-hydrogen) atoms. The number of carbonyl (C=O) groups is 1. The minimum Gasteiger partial charge on any atom is -0.504 e. The van der Waals surface area contributed by atoms with Gasteiger partial charge in [-0.2, -0.15) is 5.26 Å². The number of carbonyl (C=O) groups excluding carboxylic acids is 1. The van der Waals surface area contributed by atoms with E-state index in [9.17, 15) is 20.3 Å². The quantitative estimate of drug-likeness (QED) is 0.327. The Morgan fingerprint density at radius 3 is 2.60 bits per heavy atom. The lowest BCUT2D eigenvalue weighted by Gasteiger charge is -2.06. The zero-order valence-electron chi connectivity index (χ0n) is 14.0. The minimum atomic E-state index is -0.458. The molecule has 0 radical (unpaired) electrons. The van der Waals surface area contributed by atoms with Gasteiger partial charge in [-0.1, -0.05) is 30.3 Å². The molecule has 1 amide bonds. The van der Waals surface area contributed by atoms with Gasteiger partial charge in [0.15, 0.2) is 11.5 Å². The van der Waals surface area contributed by atoms with E-state index in [0.717, 1.165) is 12.8 Å². The lowest BCUT2D eigenvalue weighted by atomic mass is 10.1. The van der Waals surface area contributed by atoms with Gasteiger partial charge < -0.3 is 15.5 Å². The Kier molecular flexibility index (Phi) is 6.19. The van der Waals surface area contributed by atoms with Crippen LogP contribution in [-0.2, 0) is 11.2 Å². The molecular formula is C20H20N2O3. The summed E-state index contributed by atoms with van der Waals surface area (Å²) >= 11 is 0. The van der Waals surface area contributed by atoms with Gasteiger partial charge in [-0.3, -0.25) is 4.79 Å². The van der Waals surface area contributed by atoms with E-state index in [0.29, 0.717) is 17.7 Å². The highest BCUT2D eigenvalue weighted by Gasteiger charge is 2.10. The third-order valence-electron chi connectivity index (χ3n) is 3.75. The molecular weight excluding hydrogens is 316 g/mol. The van der Waals surface area contributed by atoms with E-state index in [4.69, 9.17) is 0 Å². The molecule has 2 aromatic carbocycles. The summed E-state index contributed by atoms with van der Waals surface area (Å²) in [5.41, 5.74) is 2.09. The Bertz CT molecular complexity index is 798. The molecule has 5 nitrogen and oxygen atoms in total. The molecule has 2 aromatic rings. The number of amides is 1. The van der Waals surface area contributed by atoms with E-state index < -0.39 is 5.91 Å². The first-order chi connectivity index (χ1) is 12.0.